The smallest absolute Gasteiger partial charge is 0.259 e. The highest BCUT2D eigenvalue weighted by Crippen LogP contribution is 2.32. The van der Waals surface area contributed by atoms with E-state index in [2.05, 4.69) is 5.32 Å². The third-order valence-corrected chi connectivity index (χ3v) is 6.02. The number of aromatic nitrogens is 1. The number of rotatable bonds is 4. The molecule has 3 aromatic rings. The number of pyridine rings is 1. The number of para-hydroxylation sites is 1. The Hall–Kier alpha value is -2.67. The highest BCUT2D eigenvalue weighted by molar-refractivity contribution is 7.98. The fraction of sp³-hybridized carbons (Fsp3) is 0.304. The van der Waals surface area contributed by atoms with Crippen molar-refractivity contribution < 1.29 is 13.6 Å². The van der Waals surface area contributed by atoms with Gasteiger partial charge < -0.3 is 10.2 Å². The molecule has 0 radical (unpaired) electrons. The molecule has 0 unspecified atom stereocenters. The average Bonchev–Trinajstić information content (AvgIpc) is 2.93. The van der Waals surface area contributed by atoms with E-state index in [0.717, 1.165) is 15.8 Å². The van der Waals surface area contributed by atoms with Crippen LogP contribution in [0.15, 0.2) is 59.5 Å². The van der Waals surface area contributed by atoms with Crippen molar-refractivity contribution in [3.63, 3.8) is 0 Å². The molecule has 2 heterocycles. The van der Waals surface area contributed by atoms with Crippen LogP contribution >= 0.6 is 11.8 Å². The number of nitrogens with one attached hydrogen (secondary N) is 1. The molecule has 4 rings (SSSR count). The average molecular weight is 428 g/mol. The molecule has 1 aromatic heterocycles. The van der Waals surface area contributed by atoms with Crippen molar-refractivity contribution in [3.05, 3.63) is 60.2 Å². The van der Waals surface area contributed by atoms with Gasteiger partial charge in [0.2, 0.25) is 5.92 Å². The number of halogens is 2. The Balaban J connectivity index is 1.71. The van der Waals surface area contributed by atoms with Gasteiger partial charge in [-0.15, -0.1) is 11.8 Å². The molecule has 1 amide bonds. The predicted octanol–water partition coefficient (Wildman–Crippen LogP) is 5.83. The van der Waals surface area contributed by atoms with Crippen LogP contribution in [0.1, 0.15) is 29.6 Å². The molecule has 1 fully saturated rings. The molecule has 7 heteroatoms. The first kappa shape index (κ1) is 20.6. The zero-order valence-corrected chi connectivity index (χ0v) is 17.5. The molecule has 0 spiro atoms. The van der Waals surface area contributed by atoms with E-state index in [1.54, 1.807) is 17.8 Å². The maximum atomic E-state index is 13.9. The quantitative estimate of drug-likeness (QED) is 0.532. The number of carbonyl (C=O) groups excluding carboxylic acids is 1. The molecule has 1 N–H and O–H groups in total. The van der Waals surface area contributed by atoms with Crippen LogP contribution in [0.3, 0.4) is 0 Å². The summed E-state index contributed by atoms with van der Waals surface area (Å²) < 4.78 is 27.8. The third kappa shape index (κ3) is 4.56. The zero-order valence-electron chi connectivity index (χ0n) is 16.7. The Labute approximate surface area is 178 Å². The summed E-state index contributed by atoms with van der Waals surface area (Å²) >= 11 is 1.59. The van der Waals surface area contributed by atoms with Crippen molar-refractivity contribution in [2.24, 2.45) is 0 Å². The lowest BCUT2D eigenvalue weighted by Crippen LogP contribution is -2.29. The van der Waals surface area contributed by atoms with Crippen LogP contribution in [0, 0.1) is 0 Å². The number of amides is 1. The number of hydrogen-bond donors (Lipinski definition) is 1. The first-order chi connectivity index (χ1) is 14.4. The minimum atomic E-state index is -2.67. The molecule has 1 aliphatic rings. The molecule has 0 aliphatic carbocycles. The summed E-state index contributed by atoms with van der Waals surface area (Å²) in [6, 6.07) is 16.9. The number of anilines is 2. The van der Waals surface area contributed by atoms with Gasteiger partial charge in [-0.1, -0.05) is 24.3 Å². The van der Waals surface area contributed by atoms with Crippen molar-refractivity contribution in [1.82, 2.24) is 4.98 Å². The number of hydrogen-bond acceptors (Lipinski definition) is 4. The van der Waals surface area contributed by atoms with Gasteiger partial charge in [0.1, 0.15) is 5.82 Å². The van der Waals surface area contributed by atoms with E-state index < -0.39 is 5.92 Å². The van der Waals surface area contributed by atoms with Crippen molar-refractivity contribution in [3.8, 4) is 0 Å². The second kappa shape index (κ2) is 8.60. The molecule has 156 valence electrons. The molecular weight excluding hydrogens is 404 g/mol. The zero-order chi connectivity index (χ0) is 21.1. The van der Waals surface area contributed by atoms with Crippen LogP contribution in [0.5, 0.6) is 0 Å². The normalized spacial score (nSPS) is 16.3. The van der Waals surface area contributed by atoms with Gasteiger partial charge in [0.05, 0.1) is 11.1 Å². The molecule has 2 aromatic carbocycles. The second-order valence-electron chi connectivity index (χ2n) is 7.43. The van der Waals surface area contributed by atoms with Crippen LogP contribution in [0.4, 0.5) is 20.3 Å². The summed E-state index contributed by atoms with van der Waals surface area (Å²) in [7, 11) is 0. The van der Waals surface area contributed by atoms with Gasteiger partial charge in [-0.3, -0.25) is 4.79 Å². The molecule has 30 heavy (non-hydrogen) atoms. The number of alkyl halides is 2. The van der Waals surface area contributed by atoms with Crippen LogP contribution in [0.2, 0.25) is 0 Å². The summed E-state index contributed by atoms with van der Waals surface area (Å²) in [4.78, 5) is 20.8. The van der Waals surface area contributed by atoms with E-state index in [-0.39, 0.29) is 25.3 Å². The van der Waals surface area contributed by atoms with Crippen molar-refractivity contribution >= 4 is 40.1 Å². The Bertz CT molecular complexity index is 1070. The number of benzene rings is 2. The topological polar surface area (TPSA) is 45.2 Å². The van der Waals surface area contributed by atoms with Gasteiger partial charge in [0.25, 0.3) is 5.91 Å². The molecule has 0 bridgehead atoms. The number of fused-ring (bicyclic) bond motifs is 1. The van der Waals surface area contributed by atoms with E-state index in [1.807, 2.05) is 59.7 Å². The monoisotopic (exact) mass is 427 g/mol. The Morgan fingerprint density at radius 2 is 1.93 bits per heavy atom. The number of nitrogens with zero attached hydrogens (tertiary/aromatic N) is 2. The minimum Gasteiger partial charge on any atom is -0.356 e. The van der Waals surface area contributed by atoms with Gasteiger partial charge in [0, 0.05) is 41.9 Å². The van der Waals surface area contributed by atoms with Gasteiger partial charge in [-0.2, -0.15) is 0 Å². The first-order valence-electron chi connectivity index (χ1n) is 9.93. The maximum absolute atomic E-state index is 13.9. The fourth-order valence-corrected chi connectivity index (χ4v) is 4.15. The maximum Gasteiger partial charge on any atom is 0.259 e. The number of carbonyl (C=O) groups is 1. The van der Waals surface area contributed by atoms with Crippen molar-refractivity contribution in [1.29, 1.82) is 0 Å². The Kier molecular flexibility index (Phi) is 5.90. The molecule has 4 nitrogen and oxygen atoms in total. The van der Waals surface area contributed by atoms with Crippen molar-refractivity contribution in [2.75, 3.05) is 29.6 Å². The van der Waals surface area contributed by atoms with E-state index in [9.17, 15) is 13.6 Å². The van der Waals surface area contributed by atoms with Gasteiger partial charge >= 0.3 is 0 Å². The Morgan fingerprint density at radius 3 is 2.77 bits per heavy atom. The lowest BCUT2D eigenvalue weighted by Gasteiger charge is -2.24. The second-order valence-corrected chi connectivity index (χ2v) is 8.31. The summed E-state index contributed by atoms with van der Waals surface area (Å²) in [5, 5.41) is 3.78. The van der Waals surface area contributed by atoms with Gasteiger partial charge in [0.15, 0.2) is 0 Å². The van der Waals surface area contributed by atoms with E-state index in [1.165, 1.54) is 0 Å². The van der Waals surface area contributed by atoms with Gasteiger partial charge in [-0.05, 0) is 43.0 Å². The van der Waals surface area contributed by atoms with E-state index >= 15 is 0 Å². The van der Waals surface area contributed by atoms with Crippen LogP contribution < -0.4 is 10.2 Å². The molecule has 0 saturated carbocycles. The molecule has 1 saturated heterocycles. The fourth-order valence-electron chi connectivity index (χ4n) is 3.69. The number of thioether (sulfide) groups is 1. The van der Waals surface area contributed by atoms with E-state index in [0.29, 0.717) is 30.0 Å². The summed E-state index contributed by atoms with van der Waals surface area (Å²) in [5.41, 5.74) is 1.83. The van der Waals surface area contributed by atoms with Gasteiger partial charge in [-0.25, -0.2) is 13.8 Å². The lowest BCUT2D eigenvalue weighted by atomic mass is 10.1. The van der Waals surface area contributed by atoms with Crippen LogP contribution in [0.25, 0.3) is 10.9 Å². The SMILES string of the molecule is CSc1cccc(NC(=O)c2cc3ccccc3nc2N2CCCC(F)(F)CC2)c1. The van der Waals surface area contributed by atoms with E-state index in [4.69, 9.17) is 4.98 Å². The third-order valence-electron chi connectivity index (χ3n) is 5.29. The lowest BCUT2D eigenvalue weighted by molar-refractivity contribution is -0.0102. The Morgan fingerprint density at radius 1 is 1.10 bits per heavy atom. The molecule has 0 atom stereocenters. The standard InChI is InChI=1S/C23H23F2N3OS/c1-30-18-8-4-7-17(15-18)26-22(29)19-14-16-6-2-3-9-20(16)27-21(19)28-12-5-10-23(24,25)11-13-28/h2-4,6-9,14-15H,5,10-13H2,1H3,(H,26,29). The van der Waals surface area contributed by atoms with Crippen molar-refractivity contribution in [2.45, 2.75) is 30.1 Å². The predicted molar refractivity (Wildman–Crippen MR) is 119 cm³/mol. The first-order valence-corrected chi connectivity index (χ1v) is 11.2. The highest BCUT2D eigenvalue weighted by Gasteiger charge is 2.33. The minimum absolute atomic E-state index is 0.139. The van der Waals surface area contributed by atoms with Crippen LogP contribution in [-0.4, -0.2) is 36.2 Å². The largest absolute Gasteiger partial charge is 0.356 e. The highest BCUT2D eigenvalue weighted by atomic mass is 32.2. The summed E-state index contributed by atoms with van der Waals surface area (Å²) in [6.45, 7) is 0.615. The molecular formula is C23H23F2N3OS. The summed E-state index contributed by atoms with van der Waals surface area (Å²) in [6.07, 6.45) is 1.96. The van der Waals surface area contributed by atoms with Crippen LogP contribution in [-0.2, 0) is 0 Å². The summed E-state index contributed by atoms with van der Waals surface area (Å²) in [5.74, 6) is -2.51. The molecule has 1 aliphatic heterocycles.